The number of aliphatic hydroxyl groups is 1. The minimum Gasteiger partial charge on any atom is -0.488 e. The lowest BCUT2D eigenvalue weighted by Crippen LogP contribution is -2.42. The van der Waals surface area contributed by atoms with Gasteiger partial charge in [0.2, 0.25) is 0 Å². The number of ether oxygens (including phenoxy) is 2. The van der Waals surface area contributed by atoms with Crippen molar-refractivity contribution in [2.45, 2.75) is 38.5 Å². The van der Waals surface area contributed by atoms with Crippen molar-refractivity contribution in [3.05, 3.63) is 51.7 Å². The van der Waals surface area contributed by atoms with Gasteiger partial charge < -0.3 is 19.7 Å². The predicted molar refractivity (Wildman–Crippen MR) is 123 cm³/mol. The van der Waals surface area contributed by atoms with Crippen molar-refractivity contribution >= 4 is 29.6 Å². The van der Waals surface area contributed by atoms with Gasteiger partial charge >= 0.3 is 5.97 Å². The summed E-state index contributed by atoms with van der Waals surface area (Å²) in [7, 11) is 1.35. The number of nitrogens with zero attached hydrogens (tertiary/aromatic N) is 1. The van der Waals surface area contributed by atoms with Crippen molar-refractivity contribution < 1.29 is 34.1 Å². The van der Waals surface area contributed by atoms with E-state index in [9.17, 15) is 14.7 Å². The Hall–Kier alpha value is -2.75. The highest BCUT2D eigenvalue weighted by Gasteiger charge is 2.42. The Labute approximate surface area is 196 Å². The minimum atomic E-state index is -0.503. The van der Waals surface area contributed by atoms with Crippen LogP contribution < -0.4 is 4.74 Å². The first-order valence-corrected chi connectivity index (χ1v) is 11.6. The predicted octanol–water partition coefficient (Wildman–Crippen LogP) is 3.09. The first-order chi connectivity index (χ1) is 15.8. The molecule has 4 atom stereocenters. The molecule has 1 aromatic carbocycles. The Bertz CT molecular complexity index is 958. The molecule has 4 rings (SSSR count). The first-order valence-electron chi connectivity index (χ1n) is 10.8. The highest BCUT2D eigenvalue weighted by Crippen LogP contribution is 2.38. The summed E-state index contributed by atoms with van der Waals surface area (Å²) in [6.45, 7) is 4.13. The Kier molecular flexibility index (Phi) is 8.60. The smallest absolute Gasteiger partial charge is 0.337 e. The molecule has 178 valence electrons. The van der Waals surface area contributed by atoms with Crippen molar-refractivity contribution in [1.29, 1.82) is 0 Å². The molecule has 2 N–H and O–H groups in total. The van der Waals surface area contributed by atoms with E-state index in [1.165, 1.54) is 24.0 Å². The molecule has 1 saturated carbocycles. The van der Waals surface area contributed by atoms with Crippen LogP contribution in [0.3, 0.4) is 0 Å². The number of hydrogen-bond acceptors (Lipinski definition) is 8. The molecule has 9 heteroatoms. The third kappa shape index (κ3) is 6.40. The van der Waals surface area contributed by atoms with Crippen LogP contribution in [0, 0.1) is 11.8 Å². The zero-order valence-electron chi connectivity index (χ0n) is 18.7. The standard InChI is InChI=1S/C23H27NO5S.CH2O2/c1-14(25)22-7-15(13-30-22)10-24-11-17-8-20(26)21(9-18(17)12-24)29-19-5-3-16(4-6-19)23(27)28-2;2-1-3/h3-7,13,17-18,20-21,26H,8-12H2,1-2H3;1H,(H,2,3)/t17-,18+,20+,21+;/m0./s1. The number of methoxy groups -OCH3 is 1. The van der Waals surface area contributed by atoms with Gasteiger partial charge in [0.1, 0.15) is 11.9 Å². The van der Waals surface area contributed by atoms with Gasteiger partial charge in [0.05, 0.1) is 23.7 Å². The largest absolute Gasteiger partial charge is 0.488 e. The Morgan fingerprint density at radius 3 is 2.39 bits per heavy atom. The van der Waals surface area contributed by atoms with E-state index in [1.807, 2.05) is 6.07 Å². The third-order valence-electron chi connectivity index (χ3n) is 6.13. The van der Waals surface area contributed by atoms with Crippen molar-refractivity contribution in [3.63, 3.8) is 0 Å². The molecule has 2 aliphatic rings. The maximum Gasteiger partial charge on any atom is 0.337 e. The van der Waals surface area contributed by atoms with Gasteiger partial charge in [-0.25, -0.2) is 4.79 Å². The number of esters is 1. The molecule has 1 aromatic heterocycles. The number of thiophene rings is 1. The average Bonchev–Trinajstić information content (AvgIpc) is 3.41. The van der Waals surface area contributed by atoms with Gasteiger partial charge in [-0.15, -0.1) is 11.3 Å². The average molecular weight is 476 g/mol. The van der Waals surface area contributed by atoms with Crippen LogP contribution in [-0.4, -0.2) is 65.7 Å². The van der Waals surface area contributed by atoms with Gasteiger partial charge in [-0.05, 0) is 72.9 Å². The summed E-state index contributed by atoms with van der Waals surface area (Å²) in [4.78, 5) is 34.7. The van der Waals surface area contributed by atoms with E-state index in [-0.39, 0.29) is 24.3 Å². The minimum absolute atomic E-state index is 0.115. The number of benzene rings is 1. The molecule has 1 aliphatic heterocycles. The zero-order valence-corrected chi connectivity index (χ0v) is 19.5. The quantitative estimate of drug-likeness (QED) is 0.372. The molecule has 2 heterocycles. The van der Waals surface area contributed by atoms with Crippen LogP contribution in [-0.2, 0) is 16.1 Å². The van der Waals surface area contributed by atoms with Crippen LogP contribution in [0.1, 0.15) is 45.4 Å². The van der Waals surface area contributed by atoms with E-state index >= 15 is 0 Å². The highest BCUT2D eigenvalue weighted by molar-refractivity contribution is 7.12. The number of carboxylic acid groups (broad SMARTS) is 1. The first kappa shape index (κ1) is 24.9. The van der Waals surface area contributed by atoms with Crippen molar-refractivity contribution in [3.8, 4) is 5.75 Å². The van der Waals surface area contributed by atoms with Crippen molar-refractivity contribution in [2.24, 2.45) is 11.8 Å². The number of carbonyl (C=O) groups is 3. The maximum atomic E-state index is 11.6. The van der Waals surface area contributed by atoms with Crippen LogP contribution in [0.25, 0.3) is 0 Å². The van der Waals surface area contributed by atoms with Crippen LogP contribution in [0.4, 0.5) is 0 Å². The fraction of sp³-hybridized carbons (Fsp3) is 0.458. The summed E-state index contributed by atoms with van der Waals surface area (Å²) in [6.07, 6.45) is 0.787. The summed E-state index contributed by atoms with van der Waals surface area (Å²) < 4.78 is 10.8. The fourth-order valence-electron chi connectivity index (χ4n) is 4.61. The number of rotatable bonds is 6. The van der Waals surface area contributed by atoms with E-state index in [4.69, 9.17) is 19.4 Å². The van der Waals surface area contributed by atoms with Crippen LogP contribution in [0.15, 0.2) is 35.7 Å². The van der Waals surface area contributed by atoms with Crippen molar-refractivity contribution in [2.75, 3.05) is 20.2 Å². The topological polar surface area (TPSA) is 113 Å². The lowest BCUT2D eigenvalue weighted by Gasteiger charge is -2.35. The maximum absolute atomic E-state index is 11.6. The molecule has 2 fully saturated rings. The highest BCUT2D eigenvalue weighted by atomic mass is 32.1. The Morgan fingerprint density at radius 2 is 1.82 bits per heavy atom. The number of Topliss-reactive ketones (excluding diaryl/α,β-unsaturated/α-hetero) is 1. The van der Waals surface area contributed by atoms with Gasteiger partial charge in [0, 0.05) is 19.6 Å². The van der Waals surface area contributed by atoms with Crippen LogP contribution in [0.2, 0.25) is 0 Å². The lowest BCUT2D eigenvalue weighted by molar-refractivity contribution is -0.122. The van der Waals surface area contributed by atoms with E-state index in [0.29, 0.717) is 23.1 Å². The second kappa shape index (κ2) is 11.4. The van der Waals surface area contributed by atoms with Gasteiger partial charge in [-0.3, -0.25) is 14.5 Å². The summed E-state index contributed by atoms with van der Waals surface area (Å²) in [6, 6.07) is 8.83. The molecule has 0 unspecified atom stereocenters. The second-order valence-corrected chi connectivity index (χ2v) is 9.32. The molecule has 0 radical (unpaired) electrons. The molecule has 2 aromatic rings. The number of likely N-dealkylation sites (tertiary alicyclic amines) is 1. The third-order valence-corrected chi connectivity index (χ3v) is 7.21. The lowest BCUT2D eigenvalue weighted by atomic mass is 9.78. The van der Waals surface area contributed by atoms with Crippen molar-refractivity contribution in [1.82, 2.24) is 4.90 Å². The van der Waals surface area contributed by atoms with E-state index < -0.39 is 6.10 Å². The number of aliphatic hydroxyl groups excluding tert-OH is 1. The monoisotopic (exact) mass is 475 g/mol. The molecule has 0 bridgehead atoms. The summed E-state index contributed by atoms with van der Waals surface area (Å²) >= 11 is 1.51. The van der Waals surface area contributed by atoms with E-state index in [2.05, 4.69) is 10.3 Å². The van der Waals surface area contributed by atoms with Crippen LogP contribution >= 0.6 is 11.3 Å². The normalized spacial score (nSPS) is 24.2. The second-order valence-electron chi connectivity index (χ2n) is 8.41. The Morgan fingerprint density at radius 1 is 1.18 bits per heavy atom. The molecule has 33 heavy (non-hydrogen) atoms. The van der Waals surface area contributed by atoms with E-state index in [1.54, 1.807) is 31.2 Å². The molecular formula is C24H29NO7S. The molecule has 1 aliphatic carbocycles. The molecular weight excluding hydrogens is 446 g/mol. The molecule has 0 amide bonds. The van der Waals surface area contributed by atoms with Crippen LogP contribution in [0.5, 0.6) is 5.75 Å². The zero-order chi connectivity index (χ0) is 24.0. The number of hydrogen-bond donors (Lipinski definition) is 2. The molecule has 1 saturated heterocycles. The summed E-state index contributed by atoms with van der Waals surface area (Å²) in [5, 5.41) is 19.6. The Balaban J connectivity index is 0.000000968. The van der Waals surface area contributed by atoms with E-state index in [0.717, 1.165) is 37.4 Å². The number of carbonyl (C=O) groups excluding carboxylic acids is 2. The molecule has 0 spiro atoms. The van der Waals surface area contributed by atoms with Gasteiger partial charge in [-0.2, -0.15) is 0 Å². The number of ketones is 1. The SMILES string of the molecule is COC(=O)c1ccc(O[C@@H]2C[C@@H]3CN(Cc4csc(C(C)=O)c4)C[C@@H]3C[C@H]2O)cc1.O=CO. The number of fused-ring (bicyclic) bond motifs is 1. The fourth-order valence-corrected chi connectivity index (χ4v) is 5.41. The molecule has 8 nitrogen and oxygen atoms in total. The summed E-state index contributed by atoms with van der Waals surface area (Å²) in [5.74, 6) is 1.33. The van der Waals surface area contributed by atoms with Gasteiger partial charge in [-0.1, -0.05) is 0 Å². The van der Waals surface area contributed by atoms with Gasteiger partial charge in [0.25, 0.3) is 6.47 Å². The van der Waals surface area contributed by atoms with Gasteiger partial charge in [0.15, 0.2) is 5.78 Å². The summed E-state index contributed by atoms with van der Waals surface area (Å²) in [5.41, 5.74) is 1.66.